The number of hydrogen-bond donors (Lipinski definition) is 0. The van der Waals surface area contributed by atoms with Crippen LogP contribution in [0.25, 0.3) is 0 Å². The van der Waals surface area contributed by atoms with E-state index in [1.165, 1.54) is 0 Å². The Morgan fingerprint density at radius 3 is 2.00 bits per heavy atom. The summed E-state index contributed by atoms with van der Waals surface area (Å²) < 4.78 is 11.7. The molecule has 0 N–H and O–H groups in total. The van der Waals surface area contributed by atoms with E-state index in [1.807, 2.05) is 12.1 Å². The van der Waals surface area contributed by atoms with Gasteiger partial charge in [-0.25, -0.2) is 4.98 Å². The van der Waals surface area contributed by atoms with Crippen LogP contribution in [0.15, 0.2) is 18.3 Å². The molecule has 0 radical (unpaired) electrons. The van der Waals surface area contributed by atoms with Gasteiger partial charge in [0.2, 0.25) is 22.5 Å². The summed E-state index contributed by atoms with van der Waals surface area (Å²) in [5.74, 6) is 1.54. The van der Waals surface area contributed by atoms with Gasteiger partial charge in [0.05, 0.1) is 0 Å². The second-order valence-electron chi connectivity index (χ2n) is 5.76. The molecule has 0 atom stereocenters. The maximum atomic E-state index is 5.89. The molecule has 0 unspecified atom stereocenters. The standard InChI is InChI=1S/C11H21NO2Si2/c1-15(2,3)13-10-7-8-12-11(9-10)14-16(4,5)6/h7-9H,1-6H3. The SMILES string of the molecule is C[Si](C)(C)Oc1ccnc(O[Si](C)(C)C)c1. The molecule has 1 aromatic rings. The maximum absolute atomic E-state index is 5.89. The lowest BCUT2D eigenvalue weighted by Crippen LogP contribution is -2.30. The summed E-state index contributed by atoms with van der Waals surface area (Å²) in [6.07, 6.45) is 1.74. The lowest BCUT2D eigenvalue weighted by molar-refractivity contribution is 0.516. The van der Waals surface area contributed by atoms with Gasteiger partial charge in [0, 0.05) is 12.3 Å². The van der Waals surface area contributed by atoms with E-state index in [0.717, 1.165) is 5.75 Å². The van der Waals surface area contributed by atoms with E-state index in [4.69, 9.17) is 8.85 Å². The van der Waals surface area contributed by atoms with Crippen molar-refractivity contribution in [1.82, 2.24) is 4.98 Å². The van der Waals surface area contributed by atoms with Gasteiger partial charge in [0.15, 0.2) is 0 Å². The average molecular weight is 255 g/mol. The fraction of sp³-hybridized carbons (Fsp3) is 0.545. The van der Waals surface area contributed by atoms with E-state index >= 15 is 0 Å². The first-order valence-electron chi connectivity index (χ1n) is 5.50. The molecule has 90 valence electrons. The largest absolute Gasteiger partial charge is 0.544 e. The third-order valence-electron chi connectivity index (χ3n) is 1.54. The van der Waals surface area contributed by atoms with Crippen molar-refractivity contribution in [3.8, 4) is 11.6 Å². The molecule has 0 aliphatic carbocycles. The van der Waals surface area contributed by atoms with E-state index in [2.05, 4.69) is 44.3 Å². The minimum atomic E-state index is -1.59. The normalized spacial score (nSPS) is 12.4. The topological polar surface area (TPSA) is 31.4 Å². The van der Waals surface area contributed by atoms with Crippen molar-refractivity contribution < 1.29 is 8.85 Å². The van der Waals surface area contributed by atoms with Gasteiger partial charge in [-0.2, -0.15) is 0 Å². The second-order valence-corrected chi connectivity index (χ2v) is 14.6. The Bertz CT molecular complexity index is 324. The predicted octanol–water partition coefficient (Wildman–Crippen LogP) is 3.51. The maximum Gasteiger partial charge on any atom is 0.244 e. The van der Waals surface area contributed by atoms with Crippen LogP contribution in [0, 0.1) is 0 Å². The molecule has 0 bridgehead atoms. The number of hydrogen-bond acceptors (Lipinski definition) is 3. The third-order valence-corrected chi connectivity index (χ3v) is 3.21. The Morgan fingerprint density at radius 1 is 0.938 bits per heavy atom. The van der Waals surface area contributed by atoms with Crippen LogP contribution >= 0.6 is 0 Å². The first-order valence-corrected chi connectivity index (χ1v) is 12.3. The number of rotatable bonds is 4. The molecule has 1 rings (SSSR count). The highest BCUT2D eigenvalue weighted by Crippen LogP contribution is 2.21. The van der Waals surface area contributed by atoms with Crippen LogP contribution in [0.4, 0.5) is 0 Å². The van der Waals surface area contributed by atoms with Crippen molar-refractivity contribution in [2.45, 2.75) is 39.3 Å². The Hall–Kier alpha value is -0.816. The molecule has 0 aliphatic heterocycles. The number of aromatic nitrogens is 1. The molecule has 1 heterocycles. The number of nitrogens with zero attached hydrogens (tertiary/aromatic N) is 1. The molecule has 0 aliphatic rings. The average Bonchev–Trinajstić information content (AvgIpc) is 1.96. The smallest absolute Gasteiger partial charge is 0.244 e. The van der Waals surface area contributed by atoms with Gasteiger partial charge in [0.25, 0.3) is 0 Å². The summed E-state index contributed by atoms with van der Waals surface area (Å²) in [6.45, 7) is 12.9. The first-order chi connectivity index (χ1) is 7.16. The Morgan fingerprint density at radius 2 is 1.50 bits per heavy atom. The summed E-state index contributed by atoms with van der Waals surface area (Å²) in [7, 11) is -3.14. The molecule has 0 saturated carbocycles. The summed E-state index contributed by atoms with van der Waals surface area (Å²) in [5, 5.41) is 0. The minimum Gasteiger partial charge on any atom is -0.544 e. The van der Waals surface area contributed by atoms with Gasteiger partial charge >= 0.3 is 0 Å². The van der Waals surface area contributed by atoms with Crippen molar-refractivity contribution in [3.05, 3.63) is 18.3 Å². The molecule has 0 fully saturated rings. The summed E-state index contributed by atoms with van der Waals surface area (Å²) in [4.78, 5) is 4.20. The summed E-state index contributed by atoms with van der Waals surface area (Å²) in [6, 6.07) is 3.77. The molecule has 0 spiro atoms. The minimum absolute atomic E-state index is 0.676. The highest BCUT2D eigenvalue weighted by molar-refractivity contribution is 6.70. The number of pyridine rings is 1. The van der Waals surface area contributed by atoms with Crippen LogP contribution < -0.4 is 8.85 Å². The molecule has 0 saturated heterocycles. The van der Waals surface area contributed by atoms with Crippen LogP contribution in [-0.2, 0) is 0 Å². The van der Waals surface area contributed by atoms with Gasteiger partial charge in [0.1, 0.15) is 5.75 Å². The van der Waals surface area contributed by atoms with Gasteiger partial charge in [-0.15, -0.1) is 0 Å². The summed E-state index contributed by atoms with van der Waals surface area (Å²) in [5.41, 5.74) is 0. The molecular formula is C11H21NO2Si2. The first kappa shape index (κ1) is 13.2. The van der Waals surface area contributed by atoms with Crippen molar-refractivity contribution in [2.24, 2.45) is 0 Å². The van der Waals surface area contributed by atoms with Crippen LogP contribution in [0.2, 0.25) is 39.3 Å². The second kappa shape index (κ2) is 4.59. The van der Waals surface area contributed by atoms with Crippen LogP contribution in [-0.4, -0.2) is 21.6 Å². The van der Waals surface area contributed by atoms with E-state index in [0.29, 0.717) is 5.88 Å². The van der Waals surface area contributed by atoms with Crippen LogP contribution in [0.5, 0.6) is 11.6 Å². The van der Waals surface area contributed by atoms with Crippen molar-refractivity contribution in [3.63, 3.8) is 0 Å². The lowest BCUT2D eigenvalue weighted by Gasteiger charge is -2.21. The van der Waals surface area contributed by atoms with Gasteiger partial charge in [-0.05, 0) is 45.3 Å². The van der Waals surface area contributed by atoms with Gasteiger partial charge in [-0.3, -0.25) is 0 Å². The fourth-order valence-corrected chi connectivity index (χ4v) is 2.75. The van der Waals surface area contributed by atoms with Crippen LogP contribution in [0.1, 0.15) is 0 Å². The zero-order valence-electron chi connectivity index (χ0n) is 11.0. The van der Waals surface area contributed by atoms with E-state index in [1.54, 1.807) is 6.20 Å². The van der Waals surface area contributed by atoms with E-state index in [-0.39, 0.29) is 0 Å². The zero-order chi connectivity index (χ0) is 12.4. The van der Waals surface area contributed by atoms with Crippen molar-refractivity contribution in [1.29, 1.82) is 0 Å². The summed E-state index contributed by atoms with van der Waals surface area (Å²) >= 11 is 0. The van der Waals surface area contributed by atoms with Crippen molar-refractivity contribution >= 4 is 16.6 Å². The fourth-order valence-electron chi connectivity index (χ4n) is 1.18. The zero-order valence-corrected chi connectivity index (χ0v) is 13.0. The Kier molecular flexibility index (Phi) is 3.80. The highest BCUT2D eigenvalue weighted by atomic mass is 28.4. The van der Waals surface area contributed by atoms with Crippen molar-refractivity contribution in [2.75, 3.05) is 0 Å². The molecule has 1 aromatic heterocycles. The lowest BCUT2D eigenvalue weighted by atomic mass is 10.4. The molecule has 5 heteroatoms. The monoisotopic (exact) mass is 255 g/mol. The van der Waals surface area contributed by atoms with Crippen LogP contribution in [0.3, 0.4) is 0 Å². The van der Waals surface area contributed by atoms with Gasteiger partial charge < -0.3 is 8.85 Å². The van der Waals surface area contributed by atoms with E-state index in [9.17, 15) is 0 Å². The quantitative estimate of drug-likeness (QED) is 0.772. The Labute approximate surface area is 100 Å². The molecule has 3 nitrogen and oxygen atoms in total. The predicted molar refractivity (Wildman–Crippen MR) is 72.2 cm³/mol. The highest BCUT2D eigenvalue weighted by Gasteiger charge is 2.19. The Balaban J connectivity index is 2.79. The van der Waals surface area contributed by atoms with E-state index < -0.39 is 16.6 Å². The molecule has 16 heavy (non-hydrogen) atoms. The molecule has 0 amide bonds. The third kappa shape index (κ3) is 5.32. The molecule has 0 aromatic carbocycles. The van der Waals surface area contributed by atoms with Gasteiger partial charge in [-0.1, -0.05) is 0 Å². The molecular weight excluding hydrogens is 234 g/mol.